The van der Waals surface area contributed by atoms with Gasteiger partial charge in [-0.15, -0.1) is 0 Å². The smallest absolute Gasteiger partial charge is 0.187 e. The zero-order valence-electron chi connectivity index (χ0n) is 6.38. The molecule has 3 heteroatoms. The molecule has 0 aliphatic rings. The minimum Gasteiger partial charge on any atom is -0.398 e. The molecule has 0 saturated carbocycles. The second-order valence-electron chi connectivity index (χ2n) is 2.30. The number of hydrogen-bond acceptors (Lipinski definition) is 2. The van der Waals surface area contributed by atoms with E-state index in [9.17, 15) is 4.79 Å². The minimum atomic E-state index is -0.191. The number of nitrogen functional groups attached to an aromatic ring is 1. The van der Waals surface area contributed by atoms with Gasteiger partial charge in [0.25, 0.3) is 0 Å². The standard InChI is InChI=1S/C9H8ClNO/c1-2-9(12)7-4-3-6(10)5-8(7)11/h2-5H,1,11H2. The molecule has 0 aliphatic carbocycles. The first-order chi connectivity index (χ1) is 5.65. The molecule has 0 aliphatic heterocycles. The molecule has 0 atom stereocenters. The van der Waals surface area contributed by atoms with E-state index in [1.807, 2.05) is 0 Å². The van der Waals surface area contributed by atoms with Crippen LogP contribution in [0.2, 0.25) is 5.02 Å². The molecule has 1 aromatic carbocycles. The Balaban J connectivity index is 3.18. The number of carbonyl (C=O) groups is 1. The fourth-order valence-corrected chi connectivity index (χ4v) is 1.05. The number of nitrogens with two attached hydrogens (primary N) is 1. The number of halogens is 1. The van der Waals surface area contributed by atoms with E-state index in [0.29, 0.717) is 16.3 Å². The normalized spacial score (nSPS) is 9.42. The molecule has 0 saturated heterocycles. The summed E-state index contributed by atoms with van der Waals surface area (Å²) in [5, 5.41) is 0.521. The third-order valence-corrected chi connectivity index (χ3v) is 1.70. The number of rotatable bonds is 2. The predicted molar refractivity (Wildman–Crippen MR) is 50.4 cm³/mol. The van der Waals surface area contributed by atoms with Gasteiger partial charge in [-0.25, -0.2) is 0 Å². The van der Waals surface area contributed by atoms with Gasteiger partial charge < -0.3 is 5.73 Å². The molecule has 1 aromatic rings. The quantitative estimate of drug-likeness (QED) is 0.432. The van der Waals surface area contributed by atoms with Crippen molar-refractivity contribution in [3.05, 3.63) is 41.4 Å². The summed E-state index contributed by atoms with van der Waals surface area (Å²) in [6.07, 6.45) is 1.22. The van der Waals surface area contributed by atoms with Crippen LogP contribution in [-0.2, 0) is 0 Å². The van der Waals surface area contributed by atoms with Crippen molar-refractivity contribution in [2.75, 3.05) is 5.73 Å². The summed E-state index contributed by atoms with van der Waals surface area (Å²) in [5.41, 5.74) is 6.37. The molecule has 2 nitrogen and oxygen atoms in total. The molecule has 1 rings (SSSR count). The van der Waals surface area contributed by atoms with Crippen LogP contribution in [0.25, 0.3) is 0 Å². The Bertz CT molecular complexity index is 333. The number of anilines is 1. The number of ketones is 1. The van der Waals surface area contributed by atoms with Crippen LogP contribution in [0, 0.1) is 0 Å². The van der Waals surface area contributed by atoms with Gasteiger partial charge in [0.2, 0.25) is 0 Å². The summed E-state index contributed by atoms with van der Waals surface area (Å²) in [5.74, 6) is -0.191. The van der Waals surface area contributed by atoms with Crippen molar-refractivity contribution in [2.24, 2.45) is 0 Å². The van der Waals surface area contributed by atoms with Crippen molar-refractivity contribution in [2.45, 2.75) is 0 Å². The highest BCUT2D eigenvalue weighted by Crippen LogP contribution is 2.18. The number of allylic oxidation sites excluding steroid dienone is 1. The van der Waals surface area contributed by atoms with Gasteiger partial charge in [0, 0.05) is 16.3 Å². The molecule has 0 spiro atoms. The van der Waals surface area contributed by atoms with Gasteiger partial charge in [0.15, 0.2) is 5.78 Å². The number of hydrogen-bond donors (Lipinski definition) is 1. The van der Waals surface area contributed by atoms with Crippen LogP contribution in [0.5, 0.6) is 0 Å². The molecule has 0 radical (unpaired) electrons. The van der Waals surface area contributed by atoms with E-state index >= 15 is 0 Å². The lowest BCUT2D eigenvalue weighted by molar-refractivity contribution is 0.104. The molecule has 0 unspecified atom stereocenters. The highest BCUT2D eigenvalue weighted by atomic mass is 35.5. The second-order valence-corrected chi connectivity index (χ2v) is 2.74. The van der Waals surface area contributed by atoms with Crippen molar-refractivity contribution in [3.63, 3.8) is 0 Å². The highest BCUT2D eigenvalue weighted by molar-refractivity contribution is 6.31. The molecule has 62 valence electrons. The summed E-state index contributed by atoms with van der Waals surface area (Å²) < 4.78 is 0. The van der Waals surface area contributed by atoms with Crippen LogP contribution in [0.4, 0.5) is 5.69 Å². The average molecular weight is 182 g/mol. The lowest BCUT2D eigenvalue weighted by Gasteiger charge is -2.00. The van der Waals surface area contributed by atoms with Gasteiger partial charge in [0.05, 0.1) is 0 Å². The maximum Gasteiger partial charge on any atom is 0.187 e. The van der Waals surface area contributed by atoms with Crippen molar-refractivity contribution < 1.29 is 4.79 Å². The van der Waals surface area contributed by atoms with Gasteiger partial charge in [-0.1, -0.05) is 18.2 Å². The van der Waals surface area contributed by atoms with Crippen LogP contribution < -0.4 is 5.73 Å². The average Bonchev–Trinajstić information content (AvgIpc) is 2.03. The molecule has 0 amide bonds. The van der Waals surface area contributed by atoms with Gasteiger partial charge in [-0.3, -0.25) is 4.79 Å². The fourth-order valence-electron chi connectivity index (χ4n) is 0.868. The van der Waals surface area contributed by atoms with Crippen LogP contribution in [0.15, 0.2) is 30.9 Å². The molecule has 0 fully saturated rings. The lowest BCUT2D eigenvalue weighted by atomic mass is 10.1. The summed E-state index contributed by atoms with van der Waals surface area (Å²) in [4.78, 5) is 11.1. The molecule has 0 bridgehead atoms. The van der Waals surface area contributed by atoms with E-state index in [1.54, 1.807) is 12.1 Å². The van der Waals surface area contributed by atoms with Crippen LogP contribution in [0.3, 0.4) is 0 Å². The van der Waals surface area contributed by atoms with Gasteiger partial charge in [-0.05, 0) is 24.3 Å². The van der Waals surface area contributed by atoms with E-state index in [4.69, 9.17) is 17.3 Å². The third kappa shape index (κ3) is 1.66. The molecule has 0 heterocycles. The van der Waals surface area contributed by atoms with Gasteiger partial charge in [-0.2, -0.15) is 0 Å². The Morgan fingerprint density at radius 2 is 2.25 bits per heavy atom. The molecule has 12 heavy (non-hydrogen) atoms. The Labute approximate surface area is 75.6 Å². The topological polar surface area (TPSA) is 43.1 Å². The largest absolute Gasteiger partial charge is 0.398 e. The maximum atomic E-state index is 11.1. The zero-order valence-corrected chi connectivity index (χ0v) is 7.14. The van der Waals surface area contributed by atoms with Gasteiger partial charge >= 0.3 is 0 Å². The summed E-state index contributed by atoms with van der Waals surface area (Å²) >= 11 is 5.65. The number of benzene rings is 1. The Kier molecular flexibility index (Phi) is 2.51. The van der Waals surface area contributed by atoms with E-state index in [-0.39, 0.29) is 5.78 Å². The maximum absolute atomic E-state index is 11.1. The van der Waals surface area contributed by atoms with Crippen molar-refractivity contribution in [1.29, 1.82) is 0 Å². The van der Waals surface area contributed by atoms with Gasteiger partial charge in [0.1, 0.15) is 0 Å². The summed E-state index contributed by atoms with van der Waals surface area (Å²) in [6.45, 7) is 3.36. The summed E-state index contributed by atoms with van der Waals surface area (Å²) in [7, 11) is 0. The van der Waals surface area contributed by atoms with Crippen molar-refractivity contribution in [3.8, 4) is 0 Å². The molecule has 2 N–H and O–H groups in total. The second kappa shape index (κ2) is 3.41. The van der Waals surface area contributed by atoms with E-state index < -0.39 is 0 Å². The Hall–Kier alpha value is -1.28. The first kappa shape index (κ1) is 8.81. The number of carbonyl (C=O) groups excluding carboxylic acids is 1. The van der Waals surface area contributed by atoms with Crippen molar-refractivity contribution >= 4 is 23.1 Å². The minimum absolute atomic E-state index is 0.191. The lowest BCUT2D eigenvalue weighted by Crippen LogP contribution is -1.99. The monoisotopic (exact) mass is 181 g/mol. The Morgan fingerprint density at radius 3 is 2.75 bits per heavy atom. The zero-order chi connectivity index (χ0) is 9.14. The predicted octanol–water partition coefficient (Wildman–Crippen LogP) is 2.29. The first-order valence-corrected chi connectivity index (χ1v) is 3.74. The fraction of sp³-hybridized carbons (Fsp3) is 0. The van der Waals surface area contributed by atoms with E-state index in [2.05, 4.69) is 6.58 Å². The SMILES string of the molecule is C=CC(=O)c1ccc(Cl)cc1N. The Morgan fingerprint density at radius 1 is 1.58 bits per heavy atom. The highest BCUT2D eigenvalue weighted by Gasteiger charge is 2.05. The molecule has 0 aromatic heterocycles. The first-order valence-electron chi connectivity index (χ1n) is 3.37. The van der Waals surface area contributed by atoms with Crippen LogP contribution in [-0.4, -0.2) is 5.78 Å². The molecular formula is C9H8ClNO. The molecular weight excluding hydrogens is 174 g/mol. The third-order valence-electron chi connectivity index (χ3n) is 1.46. The van der Waals surface area contributed by atoms with Crippen LogP contribution >= 0.6 is 11.6 Å². The van der Waals surface area contributed by atoms with E-state index in [1.165, 1.54) is 12.1 Å². The van der Waals surface area contributed by atoms with Crippen molar-refractivity contribution in [1.82, 2.24) is 0 Å². The van der Waals surface area contributed by atoms with Crippen LogP contribution in [0.1, 0.15) is 10.4 Å². The summed E-state index contributed by atoms with van der Waals surface area (Å²) in [6, 6.07) is 4.74. The van der Waals surface area contributed by atoms with E-state index in [0.717, 1.165) is 0 Å².